The number of ether oxygens (including phenoxy) is 2. The minimum absolute atomic E-state index is 0.382. The van der Waals surface area contributed by atoms with Crippen LogP contribution in [0.2, 0.25) is 0 Å². The maximum Gasteiger partial charge on any atom is 0.408 e. The van der Waals surface area contributed by atoms with Gasteiger partial charge in [-0.2, -0.15) is 0 Å². The maximum atomic E-state index is 11.8. The minimum atomic E-state index is -1.22. The fraction of sp³-hybridized carbons (Fsp3) is 0.714. The van der Waals surface area contributed by atoms with Crippen LogP contribution in [0.1, 0.15) is 27.7 Å². The van der Waals surface area contributed by atoms with E-state index < -0.39 is 48.2 Å². The lowest BCUT2D eigenvalue weighted by Crippen LogP contribution is -2.53. The zero-order chi connectivity index (χ0) is 18.9. The number of amides is 3. The van der Waals surface area contributed by atoms with Gasteiger partial charge in [0.15, 0.2) is 6.04 Å². The molecule has 3 amide bonds. The van der Waals surface area contributed by atoms with Gasteiger partial charge in [-0.25, -0.2) is 9.59 Å². The van der Waals surface area contributed by atoms with Gasteiger partial charge < -0.3 is 30.5 Å². The van der Waals surface area contributed by atoms with E-state index in [1.54, 1.807) is 20.8 Å². The lowest BCUT2D eigenvalue weighted by Gasteiger charge is -2.20. The number of carbonyl (C=O) groups excluding carboxylic acids is 4. The molecule has 0 aliphatic rings. The summed E-state index contributed by atoms with van der Waals surface area (Å²) in [5.74, 6) is -2.12. The number of alkyl carbamates (subject to hydrolysis) is 1. The van der Waals surface area contributed by atoms with E-state index in [4.69, 9.17) is 9.84 Å². The number of hydrogen-bond acceptors (Lipinski definition) is 7. The van der Waals surface area contributed by atoms with Gasteiger partial charge in [0, 0.05) is 0 Å². The van der Waals surface area contributed by atoms with Crippen LogP contribution in [0, 0.1) is 0 Å². The summed E-state index contributed by atoms with van der Waals surface area (Å²) in [6, 6.07) is -2.21. The Kier molecular flexibility index (Phi) is 8.75. The molecule has 0 unspecified atom stereocenters. The molecule has 4 N–H and O–H groups in total. The second kappa shape index (κ2) is 9.71. The van der Waals surface area contributed by atoms with E-state index in [-0.39, 0.29) is 6.54 Å². The summed E-state index contributed by atoms with van der Waals surface area (Å²) < 4.78 is 9.37. The first-order valence-electron chi connectivity index (χ1n) is 7.25. The van der Waals surface area contributed by atoms with E-state index >= 15 is 0 Å². The molecule has 0 heterocycles. The summed E-state index contributed by atoms with van der Waals surface area (Å²) in [6.45, 7) is 5.40. The lowest BCUT2D eigenvalue weighted by molar-refractivity contribution is -0.146. The number of carbonyl (C=O) groups is 4. The molecule has 0 aliphatic heterocycles. The van der Waals surface area contributed by atoms with Crippen LogP contribution in [-0.4, -0.2) is 66.9 Å². The van der Waals surface area contributed by atoms with Crippen molar-refractivity contribution in [1.82, 2.24) is 16.0 Å². The van der Waals surface area contributed by atoms with Crippen molar-refractivity contribution in [2.75, 3.05) is 20.3 Å². The summed E-state index contributed by atoms with van der Waals surface area (Å²) in [5.41, 5.74) is -0.694. The molecule has 10 heteroatoms. The number of rotatable bonds is 7. The minimum Gasteiger partial charge on any atom is -0.467 e. The molecule has 0 aliphatic carbocycles. The Balaban J connectivity index is 4.32. The van der Waals surface area contributed by atoms with Gasteiger partial charge in [0.2, 0.25) is 11.8 Å². The highest BCUT2D eigenvalue weighted by molar-refractivity contribution is 5.91. The van der Waals surface area contributed by atoms with Gasteiger partial charge in [0.05, 0.1) is 13.7 Å². The standard InChI is InChI=1S/C14H25N3O7/c1-8(11(20)17-9(7-18)12(21)23-5)16-10(19)6-15-13(22)24-14(2,3)4/h8-9,18H,6-7H2,1-5H3,(H,15,22)(H,16,19)(H,17,20)/t8-,9+/m0/s1. The predicted molar refractivity (Wildman–Crippen MR) is 82.9 cm³/mol. The summed E-state index contributed by atoms with van der Waals surface area (Å²) in [5, 5.41) is 15.8. The van der Waals surface area contributed by atoms with Crippen LogP contribution in [0.4, 0.5) is 4.79 Å². The molecule has 0 aromatic heterocycles. The fourth-order valence-corrected chi connectivity index (χ4v) is 1.44. The average molecular weight is 347 g/mol. The van der Waals surface area contributed by atoms with E-state index in [2.05, 4.69) is 20.7 Å². The zero-order valence-electron chi connectivity index (χ0n) is 14.5. The highest BCUT2D eigenvalue weighted by atomic mass is 16.6. The second-order valence-electron chi connectivity index (χ2n) is 5.91. The Morgan fingerprint density at radius 3 is 2.17 bits per heavy atom. The normalized spacial score (nSPS) is 13.2. The molecule has 0 spiro atoms. The molecule has 0 radical (unpaired) electrons. The van der Waals surface area contributed by atoms with Crippen molar-refractivity contribution in [2.45, 2.75) is 45.4 Å². The third-order valence-electron chi connectivity index (χ3n) is 2.55. The Morgan fingerprint density at radius 1 is 1.12 bits per heavy atom. The summed E-state index contributed by atoms with van der Waals surface area (Å²) in [4.78, 5) is 46.2. The van der Waals surface area contributed by atoms with Gasteiger partial charge in [-0.05, 0) is 27.7 Å². The number of methoxy groups -OCH3 is 1. The molecule has 24 heavy (non-hydrogen) atoms. The largest absolute Gasteiger partial charge is 0.467 e. The highest BCUT2D eigenvalue weighted by Gasteiger charge is 2.24. The van der Waals surface area contributed by atoms with E-state index in [1.165, 1.54) is 6.92 Å². The summed E-state index contributed by atoms with van der Waals surface area (Å²) in [7, 11) is 1.12. The van der Waals surface area contributed by atoms with Crippen LogP contribution in [0.5, 0.6) is 0 Å². The molecule has 0 saturated carbocycles. The van der Waals surface area contributed by atoms with Gasteiger partial charge in [-0.15, -0.1) is 0 Å². The van der Waals surface area contributed by atoms with Crippen molar-refractivity contribution >= 4 is 23.9 Å². The monoisotopic (exact) mass is 347 g/mol. The molecule has 0 rings (SSSR count). The third kappa shape index (κ3) is 8.93. The van der Waals surface area contributed by atoms with Crippen LogP contribution in [0.3, 0.4) is 0 Å². The molecular weight excluding hydrogens is 322 g/mol. The van der Waals surface area contributed by atoms with E-state index in [9.17, 15) is 19.2 Å². The molecule has 0 fully saturated rings. The van der Waals surface area contributed by atoms with Gasteiger partial charge in [-0.3, -0.25) is 9.59 Å². The van der Waals surface area contributed by atoms with Crippen LogP contribution >= 0.6 is 0 Å². The van der Waals surface area contributed by atoms with Crippen LogP contribution in [-0.2, 0) is 23.9 Å². The van der Waals surface area contributed by atoms with Crippen LogP contribution < -0.4 is 16.0 Å². The van der Waals surface area contributed by atoms with Crippen molar-refractivity contribution in [3.05, 3.63) is 0 Å². The number of aliphatic hydroxyl groups is 1. The Morgan fingerprint density at radius 2 is 1.71 bits per heavy atom. The van der Waals surface area contributed by atoms with Crippen LogP contribution in [0.15, 0.2) is 0 Å². The molecule has 0 saturated heterocycles. The lowest BCUT2D eigenvalue weighted by atomic mass is 10.2. The number of nitrogens with one attached hydrogen (secondary N) is 3. The Hall–Kier alpha value is -2.36. The van der Waals surface area contributed by atoms with Crippen molar-refractivity contribution in [3.63, 3.8) is 0 Å². The molecule has 2 atom stereocenters. The molecule has 10 nitrogen and oxygen atoms in total. The van der Waals surface area contributed by atoms with Gasteiger partial charge in [0.1, 0.15) is 18.2 Å². The van der Waals surface area contributed by atoms with Crippen molar-refractivity contribution < 1.29 is 33.8 Å². The van der Waals surface area contributed by atoms with Crippen LogP contribution in [0.25, 0.3) is 0 Å². The van der Waals surface area contributed by atoms with Crippen molar-refractivity contribution in [2.24, 2.45) is 0 Å². The van der Waals surface area contributed by atoms with E-state index in [1.807, 2.05) is 0 Å². The fourth-order valence-electron chi connectivity index (χ4n) is 1.44. The summed E-state index contributed by atoms with van der Waals surface area (Å²) >= 11 is 0. The average Bonchev–Trinajstić information content (AvgIpc) is 2.47. The molecule has 0 bridgehead atoms. The predicted octanol–water partition coefficient (Wildman–Crippen LogP) is -1.33. The molecule has 138 valence electrons. The molecular formula is C14H25N3O7. The first kappa shape index (κ1) is 21.6. The van der Waals surface area contributed by atoms with Crippen molar-refractivity contribution in [1.29, 1.82) is 0 Å². The molecule has 0 aromatic carbocycles. The SMILES string of the molecule is COC(=O)[C@@H](CO)NC(=O)[C@H](C)NC(=O)CNC(=O)OC(C)(C)C. The van der Waals surface area contributed by atoms with Crippen molar-refractivity contribution in [3.8, 4) is 0 Å². The van der Waals surface area contributed by atoms with Gasteiger partial charge >= 0.3 is 12.1 Å². The quantitative estimate of drug-likeness (QED) is 0.418. The zero-order valence-corrected chi connectivity index (χ0v) is 14.5. The number of hydrogen-bond donors (Lipinski definition) is 4. The van der Waals surface area contributed by atoms with E-state index in [0.29, 0.717) is 0 Å². The topological polar surface area (TPSA) is 143 Å². The maximum absolute atomic E-state index is 11.8. The van der Waals surface area contributed by atoms with Gasteiger partial charge in [0.25, 0.3) is 0 Å². The summed E-state index contributed by atoms with van der Waals surface area (Å²) in [6.07, 6.45) is -0.763. The first-order chi connectivity index (χ1) is 11.0. The number of aliphatic hydroxyl groups excluding tert-OH is 1. The number of esters is 1. The Bertz CT molecular complexity index is 473. The highest BCUT2D eigenvalue weighted by Crippen LogP contribution is 2.06. The van der Waals surface area contributed by atoms with Gasteiger partial charge in [-0.1, -0.05) is 0 Å². The molecule has 0 aromatic rings. The second-order valence-corrected chi connectivity index (χ2v) is 5.91. The van der Waals surface area contributed by atoms with E-state index in [0.717, 1.165) is 7.11 Å². The first-order valence-corrected chi connectivity index (χ1v) is 7.25. The Labute approximate surface area is 140 Å². The smallest absolute Gasteiger partial charge is 0.408 e. The third-order valence-corrected chi connectivity index (χ3v) is 2.55.